The summed E-state index contributed by atoms with van der Waals surface area (Å²) >= 11 is 0. The van der Waals surface area contributed by atoms with Crippen molar-refractivity contribution in [3.05, 3.63) is 75.4 Å². The molecular weight excluding hydrogens is 300 g/mol. The van der Waals surface area contributed by atoms with Crippen molar-refractivity contribution in [1.29, 1.82) is 0 Å². The summed E-state index contributed by atoms with van der Waals surface area (Å²) in [6, 6.07) is 11.2. The van der Waals surface area contributed by atoms with Crippen molar-refractivity contribution in [3.63, 3.8) is 0 Å². The number of ether oxygens (including phenoxy) is 1. The Morgan fingerprint density at radius 1 is 1.08 bits per heavy atom. The highest BCUT2D eigenvalue weighted by Crippen LogP contribution is 2.29. The predicted octanol–water partition coefficient (Wildman–Crippen LogP) is 4.30. The van der Waals surface area contributed by atoms with Crippen molar-refractivity contribution in [3.8, 4) is 0 Å². The Balaban J connectivity index is 1.92. The second-order valence-corrected chi connectivity index (χ2v) is 6.22. The van der Waals surface area contributed by atoms with Crippen molar-refractivity contribution < 1.29 is 14.3 Å². The third-order valence-corrected chi connectivity index (χ3v) is 4.47. The van der Waals surface area contributed by atoms with Gasteiger partial charge < -0.3 is 4.74 Å². The molecule has 3 rings (SSSR count). The molecule has 24 heavy (non-hydrogen) atoms. The second kappa shape index (κ2) is 6.44. The molecule has 0 fully saturated rings. The van der Waals surface area contributed by atoms with Crippen molar-refractivity contribution in [2.45, 2.75) is 26.7 Å². The molecular formula is C21H20O3. The summed E-state index contributed by atoms with van der Waals surface area (Å²) in [5.41, 5.74) is 6.55. The fraction of sp³-hybridized carbons (Fsp3) is 0.238. The molecule has 0 saturated heterocycles. The Hall–Kier alpha value is -2.68. The number of aryl methyl sites for hydroxylation is 2. The van der Waals surface area contributed by atoms with E-state index in [4.69, 9.17) is 4.74 Å². The van der Waals surface area contributed by atoms with Crippen molar-refractivity contribution in [2.24, 2.45) is 0 Å². The quantitative estimate of drug-likeness (QED) is 0.612. The van der Waals surface area contributed by atoms with E-state index in [0.717, 1.165) is 35.1 Å². The molecule has 0 aromatic heterocycles. The van der Waals surface area contributed by atoms with Crippen LogP contribution in [-0.4, -0.2) is 18.9 Å². The van der Waals surface area contributed by atoms with Crippen LogP contribution in [0, 0.1) is 13.8 Å². The molecule has 2 aromatic rings. The lowest BCUT2D eigenvalue weighted by Gasteiger charge is -2.20. The monoisotopic (exact) mass is 320 g/mol. The van der Waals surface area contributed by atoms with Crippen LogP contribution in [0.2, 0.25) is 0 Å². The molecule has 0 unspecified atom stereocenters. The van der Waals surface area contributed by atoms with Crippen molar-refractivity contribution in [1.82, 2.24) is 0 Å². The normalized spacial score (nSPS) is 15.3. The van der Waals surface area contributed by atoms with Gasteiger partial charge in [-0.3, -0.25) is 4.79 Å². The van der Waals surface area contributed by atoms with Gasteiger partial charge in [-0.15, -0.1) is 0 Å². The molecule has 122 valence electrons. The summed E-state index contributed by atoms with van der Waals surface area (Å²) in [4.78, 5) is 24.3. The first-order valence-electron chi connectivity index (χ1n) is 8.03. The maximum atomic E-state index is 12.8. The van der Waals surface area contributed by atoms with Crippen LogP contribution in [0.5, 0.6) is 0 Å². The number of fused-ring (bicyclic) bond motifs is 1. The Labute approximate surface area is 142 Å². The number of hydrogen-bond acceptors (Lipinski definition) is 3. The molecule has 0 spiro atoms. The number of methoxy groups -OCH3 is 1. The van der Waals surface area contributed by atoms with E-state index in [9.17, 15) is 9.59 Å². The summed E-state index contributed by atoms with van der Waals surface area (Å²) in [6.07, 6.45) is 3.55. The smallest absolute Gasteiger partial charge is 0.337 e. The lowest BCUT2D eigenvalue weighted by molar-refractivity contribution is 0.0600. The highest BCUT2D eigenvalue weighted by Gasteiger charge is 2.23. The van der Waals surface area contributed by atoms with Crippen molar-refractivity contribution in [2.75, 3.05) is 7.11 Å². The average Bonchev–Trinajstić information content (AvgIpc) is 2.57. The molecule has 0 atom stereocenters. The topological polar surface area (TPSA) is 43.4 Å². The number of carbonyl (C=O) groups excluding carboxylic acids is 2. The summed E-state index contributed by atoms with van der Waals surface area (Å²) in [5, 5.41) is 0. The Bertz CT molecular complexity index is 842. The molecule has 3 nitrogen and oxygen atoms in total. The number of carbonyl (C=O) groups is 2. The van der Waals surface area contributed by atoms with Crippen LogP contribution < -0.4 is 0 Å². The Morgan fingerprint density at radius 3 is 2.46 bits per heavy atom. The van der Waals surface area contributed by atoms with Gasteiger partial charge in [0.25, 0.3) is 0 Å². The van der Waals surface area contributed by atoms with E-state index in [0.29, 0.717) is 5.56 Å². The third kappa shape index (κ3) is 3.02. The fourth-order valence-corrected chi connectivity index (χ4v) is 3.25. The van der Waals surface area contributed by atoms with E-state index in [2.05, 4.69) is 13.0 Å². The Morgan fingerprint density at radius 2 is 1.79 bits per heavy atom. The summed E-state index contributed by atoms with van der Waals surface area (Å²) < 4.78 is 4.70. The molecule has 0 N–H and O–H groups in total. The number of rotatable bonds is 2. The largest absolute Gasteiger partial charge is 0.465 e. The van der Waals surface area contributed by atoms with Crippen LogP contribution in [0.1, 0.15) is 49.4 Å². The average molecular weight is 320 g/mol. The summed E-state index contributed by atoms with van der Waals surface area (Å²) in [6.45, 7) is 4.09. The van der Waals surface area contributed by atoms with Crippen LogP contribution in [-0.2, 0) is 11.2 Å². The molecule has 2 aromatic carbocycles. The first kappa shape index (κ1) is 16.2. The van der Waals surface area contributed by atoms with Gasteiger partial charge in [0.1, 0.15) is 0 Å². The molecule has 1 aliphatic rings. The standard InChI is InChI=1S/C21H20O3/c1-13-10-14(2)18-9-8-17(20(22)19(18)11-13)12-15-4-6-16(7-5-15)21(23)24-3/h4-7,10-12H,8-9H2,1-3H3/b17-12+. The van der Waals surface area contributed by atoms with Crippen molar-refractivity contribution >= 4 is 17.8 Å². The SMILES string of the molecule is COC(=O)c1ccc(/C=C2\CCc3c(C)cc(C)cc3C2=O)cc1. The minimum absolute atomic E-state index is 0.111. The third-order valence-electron chi connectivity index (χ3n) is 4.47. The predicted molar refractivity (Wildman–Crippen MR) is 94.3 cm³/mol. The van der Waals surface area contributed by atoms with E-state index in [-0.39, 0.29) is 11.8 Å². The highest BCUT2D eigenvalue weighted by molar-refractivity contribution is 6.13. The fourth-order valence-electron chi connectivity index (χ4n) is 3.25. The number of benzene rings is 2. The van der Waals surface area contributed by atoms with Gasteiger partial charge in [0.05, 0.1) is 12.7 Å². The van der Waals surface area contributed by atoms with Gasteiger partial charge >= 0.3 is 5.97 Å². The molecule has 0 heterocycles. The van der Waals surface area contributed by atoms with E-state index in [1.165, 1.54) is 18.2 Å². The van der Waals surface area contributed by atoms with E-state index in [1.54, 1.807) is 12.1 Å². The summed E-state index contributed by atoms with van der Waals surface area (Å²) in [5.74, 6) is -0.247. The number of hydrogen-bond donors (Lipinski definition) is 0. The molecule has 0 aliphatic heterocycles. The molecule has 0 bridgehead atoms. The first-order chi connectivity index (χ1) is 11.5. The van der Waals surface area contributed by atoms with Gasteiger partial charge in [0.15, 0.2) is 5.78 Å². The Kier molecular flexibility index (Phi) is 4.34. The minimum atomic E-state index is -0.358. The zero-order valence-corrected chi connectivity index (χ0v) is 14.2. The van der Waals surface area contributed by atoms with Crippen LogP contribution in [0.3, 0.4) is 0 Å². The maximum Gasteiger partial charge on any atom is 0.337 e. The van der Waals surface area contributed by atoms with Crippen LogP contribution in [0.15, 0.2) is 42.0 Å². The van der Waals surface area contributed by atoms with Gasteiger partial charge in [-0.25, -0.2) is 4.79 Å². The van der Waals surface area contributed by atoms with Gasteiger partial charge in [-0.1, -0.05) is 23.8 Å². The molecule has 1 aliphatic carbocycles. The maximum absolute atomic E-state index is 12.8. The number of allylic oxidation sites excluding steroid dienone is 1. The number of ketones is 1. The number of Topliss-reactive ketones (excluding diaryl/α,β-unsaturated/α-hetero) is 1. The minimum Gasteiger partial charge on any atom is -0.465 e. The second-order valence-electron chi connectivity index (χ2n) is 6.22. The van der Waals surface area contributed by atoms with Gasteiger partial charge in [0, 0.05) is 11.1 Å². The van der Waals surface area contributed by atoms with E-state index >= 15 is 0 Å². The lowest BCUT2D eigenvalue weighted by Crippen LogP contribution is -2.15. The van der Waals surface area contributed by atoms with Crippen LogP contribution >= 0.6 is 0 Å². The van der Waals surface area contributed by atoms with E-state index in [1.807, 2.05) is 31.2 Å². The van der Waals surface area contributed by atoms with E-state index < -0.39 is 0 Å². The molecule has 0 radical (unpaired) electrons. The zero-order valence-electron chi connectivity index (χ0n) is 14.2. The lowest BCUT2D eigenvalue weighted by atomic mass is 9.83. The van der Waals surface area contributed by atoms with Crippen LogP contribution in [0.25, 0.3) is 6.08 Å². The first-order valence-corrected chi connectivity index (χ1v) is 8.03. The highest BCUT2D eigenvalue weighted by atomic mass is 16.5. The van der Waals surface area contributed by atoms with Gasteiger partial charge in [0.2, 0.25) is 0 Å². The van der Waals surface area contributed by atoms with Crippen LogP contribution in [0.4, 0.5) is 0 Å². The zero-order chi connectivity index (χ0) is 17.3. The molecule has 0 amide bonds. The molecule has 0 saturated carbocycles. The summed E-state index contributed by atoms with van der Waals surface area (Å²) in [7, 11) is 1.36. The van der Waals surface area contributed by atoms with Gasteiger partial charge in [-0.05, 0) is 67.7 Å². The van der Waals surface area contributed by atoms with Gasteiger partial charge in [-0.2, -0.15) is 0 Å². The molecule has 3 heteroatoms. The number of esters is 1.